The minimum atomic E-state index is -1.45. The molecule has 3 nitrogen and oxygen atoms in total. The van der Waals surface area contributed by atoms with Crippen LogP contribution >= 0.6 is 11.6 Å². The molecule has 0 amide bonds. The van der Waals surface area contributed by atoms with Gasteiger partial charge in [-0.25, -0.2) is 4.39 Å². The highest BCUT2D eigenvalue weighted by molar-refractivity contribution is 7.86. The van der Waals surface area contributed by atoms with Gasteiger partial charge in [0.25, 0.3) is 0 Å². The SMILES string of the molecule is Cc1ccc(F)c2c1OCC1COCC[C@@]21S(=O)c1ccc(Cl)cc1. The molecule has 2 aromatic carbocycles. The van der Waals surface area contributed by atoms with E-state index in [9.17, 15) is 8.60 Å². The number of benzene rings is 2. The maximum atomic E-state index is 14.9. The Balaban J connectivity index is 1.94. The van der Waals surface area contributed by atoms with Crippen molar-refractivity contribution >= 4 is 22.4 Å². The highest BCUT2D eigenvalue weighted by Crippen LogP contribution is 2.52. The van der Waals surface area contributed by atoms with Crippen molar-refractivity contribution in [2.75, 3.05) is 19.8 Å². The maximum Gasteiger partial charge on any atom is 0.131 e. The highest BCUT2D eigenvalue weighted by Gasteiger charge is 2.54. The minimum absolute atomic E-state index is 0.165. The molecule has 2 unspecified atom stereocenters. The van der Waals surface area contributed by atoms with Crippen LogP contribution in [0.2, 0.25) is 5.02 Å². The Bertz CT molecular complexity index is 839. The maximum absolute atomic E-state index is 14.9. The van der Waals surface area contributed by atoms with Gasteiger partial charge in [0.1, 0.15) is 11.6 Å². The van der Waals surface area contributed by atoms with E-state index in [4.69, 9.17) is 21.1 Å². The Morgan fingerprint density at radius 1 is 1.20 bits per heavy atom. The van der Waals surface area contributed by atoms with Gasteiger partial charge in [-0.15, -0.1) is 0 Å². The van der Waals surface area contributed by atoms with Gasteiger partial charge in [-0.1, -0.05) is 17.7 Å². The number of hydrogen-bond acceptors (Lipinski definition) is 3. The average Bonchev–Trinajstić information content (AvgIpc) is 2.64. The lowest BCUT2D eigenvalue weighted by Crippen LogP contribution is -2.52. The van der Waals surface area contributed by atoms with E-state index in [0.29, 0.717) is 47.5 Å². The summed E-state index contributed by atoms with van der Waals surface area (Å²) in [5, 5.41) is 0.580. The quantitative estimate of drug-likeness (QED) is 0.782. The molecule has 2 heterocycles. The van der Waals surface area contributed by atoms with Gasteiger partial charge in [0.15, 0.2) is 0 Å². The fourth-order valence-corrected chi connectivity index (χ4v) is 5.85. The van der Waals surface area contributed by atoms with E-state index < -0.39 is 15.5 Å². The van der Waals surface area contributed by atoms with Crippen LogP contribution in [0.4, 0.5) is 4.39 Å². The molecule has 0 saturated carbocycles. The third kappa shape index (κ3) is 2.60. The molecule has 0 radical (unpaired) electrons. The minimum Gasteiger partial charge on any atom is -0.492 e. The van der Waals surface area contributed by atoms with Crippen LogP contribution in [0, 0.1) is 18.7 Å². The molecule has 2 aromatic rings. The lowest BCUT2D eigenvalue weighted by Gasteiger charge is -2.47. The Labute approximate surface area is 153 Å². The molecule has 6 heteroatoms. The number of fused-ring (bicyclic) bond motifs is 3. The van der Waals surface area contributed by atoms with Gasteiger partial charge in [0.05, 0.1) is 28.8 Å². The van der Waals surface area contributed by atoms with Crippen molar-refractivity contribution in [3.8, 4) is 5.75 Å². The molecular weight excluding hydrogens is 363 g/mol. The van der Waals surface area contributed by atoms with Gasteiger partial charge < -0.3 is 9.47 Å². The lowest BCUT2D eigenvalue weighted by molar-refractivity contribution is -0.00396. The van der Waals surface area contributed by atoms with Gasteiger partial charge in [-0.05, 0) is 49.2 Å². The van der Waals surface area contributed by atoms with E-state index in [0.717, 1.165) is 5.56 Å². The first-order chi connectivity index (χ1) is 12.0. The van der Waals surface area contributed by atoms with Crippen LogP contribution in [0.5, 0.6) is 5.75 Å². The summed E-state index contributed by atoms with van der Waals surface area (Å²) in [5.74, 6) is -0.00321. The normalized spacial score (nSPS) is 26.3. The van der Waals surface area contributed by atoms with Crippen molar-refractivity contribution in [3.05, 3.63) is 58.4 Å². The predicted octanol–water partition coefficient (Wildman–Crippen LogP) is 4.22. The van der Waals surface area contributed by atoms with Crippen molar-refractivity contribution < 1.29 is 18.1 Å². The third-order valence-corrected chi connectivity index (χ3v) is 7.47. The molecule has 2 aliphatic rings. The molecule has 1 fully saturated rings. The number of hydrogen-bond donors (Lipinski definition) is 0. The molecule has 0 spiro atoms. The molecule has 0 aromatic heterocycles. The van der Waals surface area contributed by atoms with E-state index in [1.165, 1.54) is 6.07 Å². The molecule has 25 heavy (non-hydrogen) atoms. The Morgan fingerprint density at radius 2 is 1.96 bits per heavy atom. The first-order valence-corrected chi connectivity index (χ1v) is 9.74. The van der Waals surface area contributed by atoms with Crippen molar-refractivity contribution in [1.82, 2.24) is 0 Å². The fraction of sp³-hybridized carbons (Fsp3) is 0.368. The largest absolute Gasteiger partial charge is 0.492 e. The van der Waals surface area contributed by atoms with E-state index in [1.54, 1.807) is 30.3 Å². The van der Waals surface area contributed by atoms with Crippen LogP contribution in [-0.2, 0) is 20.3 Å². The smallest absolute Gasteiger partial charge is 0.131 e. The summed E-state index contributed by atoms with van der Waals surface area (Å²) >= 11 is 5.97. The molecule has 0 bridgehead atoms. The van der Waals surface area contributed by atoms with Gasteiger partial charge in [-0.3, -0.25) is 4.21 Å². The average molecular weight is 381 g/mol. The topological polar surface area (TPSA) is 35.5 Å². The van der Waals surface area contributed by atoms with Crippen molar-refractivity contribution in [2.24, 2.45) is 5.92 Å². The summed E-state index contributed by atoms with van der Waals surface area (Å²) in [5.41, 5.74) is 1.29. The lowest BCUT2D eigenvalue weighted by atomic mass is 9.79. The standard InChI is InChI=1S/C19H18ClFO3S/c1-12-2-7-16(21)17-18(12)24-11-13-10-23-9-8-19(13,17)25(22)15-5-3-14(20)4-6-15/h2-7,13H,8-11H2,1H3/t13?,19-,25?/m0/s1. The highest BCUT2D eigenvalue weighted by atomic mass is 35.5. The van der Waals surface area contributed by atoms with Gasteiger partial charge in [0.2, 0.25) is 0 Å². The van der Waals surface area contributed by atoms with Gasteiger partial charge in [-0.2, -0.15) is 0 Å². The van der Waals surface area contributed by atoms with E-state index in [1.807, 2.05) is 6.92 Å². The molecule has 4 rings (SSSR count). The van der Waals surface area contributed by atoms with Crippen LogP contribution < -0.4 is 4.74 Å². The monoisotopic (exact) mass is 380 g/mol. The molecule has 132 valence electrons. The van der Waals surface area contributed by atoms with Crippen LogP contribution in [0.3, 0.4) is 0 Å². The number of aryl methyl sites for hydroxylation is 1. The third-order valence-electron chi connectivity index (χ3n) is 5.11. The number of halogens is 2. The predicted molar refractivity (Wildman–Crippen MR) is 95.1 cm³/mol. The first kappa shape index (κ1) is 17.0. The zero-order chi connectivity index (χ0) is 17.6. The van der Waals surface area contributed by atoms with E-state index in [-0.39, 0.29) is 11.7 Å². The van der Waals surface area contributed by atoms with Crippen molar-refractivity contribution in [3.63, 3.8) is 0 Å². The number of rotatable bonds is 2. The van der Waals surface area contributed by atoms with Crippen molar-refractivity contribution in [2.45, 2.75) is 23.0 Å². The second-order valence-corrected chi connectivity index (χ2v) is 8.69. The molecule has 3 atom stereocenters. The summed E-state index contributed by atoms with van der Waals surface area (Å²) in [7, 11) is -1.45. The Morgan fingerprint density at radius 3 is 2.72 bits per heavy atom. The molecule has 0 aliphatic carbocycles. The van der Waals surface area contributed by atoms with Crippen LogP contribution in [0.25, 0.3) is 0 Å². The number of ether oxygens (including phenoxy) is 2. The van der Waals surface area contributed by atoms with Gasteiger partial charge in [0, 0.05) is 28.0 Å². The van der Waals surface area contributed by atoms with E-state index >= 15 is 0 Å². The summed E-state index contributed by atoms with van der Waals surface area (Å²) in [4.78, 5) is 0.644. The van der Waals surface area contributed by atoms with Crippen molar-refractivity contribution in [1.29, 1.82) is 0 Å². The summed E-state index contributed by atoms with van der Waals surface area (Å²) < 4.78 is 39.2. The molecule has 2 aliphatic heterocycles. The molecule has 1 saturated heterocycles. The zero-order valence-corrected chi connectivity index (χ0v) is 15.3. The second kappa shape index (κ2) is 6.38. The van der Waals surface area contributed by atoms with Crippen LogP contribution in [0.1, 0.15) is 17.5 Å². The fourth-order valence-electron chi connectivity index (χ4n) is 3.83. The zero-order valence-electron chi connectivity index (χ0n) is 13.8. The molecular formula is C19H18ClFO3S. The Hall–Kier alpha value is -1.43. The summed E-state index contributed by atoms with van der Waals surface area (Å²) in [6.07, 6.45) is 0.490. The second-order valence-electron chi connectivity index (χ2n) is 6.51. The van der Waals surface area contributed by atoms with E-state index in [2.05, 4.69) is 0 Å². The Kier molecular flexibility index (Phi) is 4.34. The summed E-state index contributed by atoms with van der Waals surface area (Å²) in [6.45, 7) is 3.11. The van der Waals surface area contributed by atoms with Gasteiger partial charge >= 0.3 is 0 Å². The molecule has 0 N–H and O–H groups in total. The van der Waals surface area contributed by atoms with Crippen LogP contribution in [0.15, 0.2) is 41.3 Å². The van der Waals surface area contributed by atoms with Crippen LogP contribution in [-0.4, -0.2) is 24.0 Å². The first-order valence-electron chi connectivity index (χ1n) is 8.21. The summed E-state index contributed by atoms with van der Waals surface area (Å²) in [6, 6.07) is 10.1.